The van der Waals surface area contributed by atoms with Gasteiger partial charge in [-0.25, -0.2) is 4.98 Å². The minimum atomic E-state index is -0.0825. The minimum absolute atomic E-state index is 0.0608. The molecule has 6 aromatic rings. The number of amides is 2. The maximum atomic E-state index is 12.3. The predicted molar refractivity (Wildman–Crippen MR) is 179 cm³/mol. The molecule has 0 atom stereocenters. The Morgan fingerprint density at radius 3 is 1.81 bits per heavy atom. The summed E-state index contributed by atoms with van der Waals surface area (Å²) >= 11 is 6.04. The van der Waals surface area contributed by atoms with Crippen molar-refractivity contribution in [2.24, 2.45) is 0 Å². The van der Waals surface area contributed by atoms with Crippen LogP contribution in [0.2, 0.25) is 5.15 Å². The topological polar surface area (TPSA) is 141 Å². The Labute approximate surface area is 274 Å². The normalized spacial score (nSPS) is 13.9. The number of aryl methyl sites for hydroxylation is 2. The van der Waals surface area contributed by atoms with Crippen LogP contribution in [0.4, 0.5) is 0 Å². The highest BCUT2D eigenvalue weighted by Crippen LogP contribution is 2.35. The van der Waals surface area contributed by atoms with Crippen molar-refractivity contribution in [2.75, 3.05) is 13.1 Å². The summed E-state index contributed by atoms with van der Waals surface area (Å²) < 4.78 is 4.09. The van der Waals surface area contributed by atoms with Gasteiger partial charge in [0, 0.05) is 72.2 Å². The molecular weight excluding hydrogens is 612 g/mol. The van der Waals surface area contributed by atoms with E-state index in [1.807, 2.05) is 59.2 Å². The molecule has 0 aliphatic carbocycles. The number of nitrogens with zero attached hydrogens (tertiary/aromatic N) is 6. The van der Waals surface area contributed by atoms with Crippen molar-refractivity contribution in [3.05, 3.63) is 107 Å². The first-order chi connectivity index (χ1) is 22.9. The Morgan fingerprint density at radius 2 is 1.30 bits per heavy atom. The number of pyridine rings is 2. The standard InChI is InChI=1S/C18H13ClN4O.C18H14N4O/c19-16-9-12(2-4-21-16)14-7-11(10-20)6-13-8-15-18(24)22-3-1-5-23(15)17(13)14;19-10-12-7-14-9-16-18(23)21-5-2-6-22(16)17(14)15(8-12)13-3-1-4-20-11-13/h2,4,6-9H,1,3,5H2,(H,22,24);1,3-4,7-9,11H,2,5-6H2,(H,21,23). The van der Waals surface area contributed by atoms with Gasteiger partial charge in [-0.1, -0.05) is 17.7 Å². The van der Waals surface area contributed by atoms with Crippen LogP contribution in [-0.4, -0.2) is 44.0 Å². The van der Waals surface area contributed by atoms with Crippen molar-refractivity contribution in [2.45, 2.75) is 25.9 Å². The average Bonchev–Trinajstić information content (AvgIpc) is 3.53. The van der Waals surface area contributed by atoms with Crippen LogP contribution in [0.5, 0.6) is 0 Å². The quantitative estimate of drug-likeness (QED) is 0.221. The lowest BCUT2D eigenvalue weighted by Gasteiger charge is -2.11. The zero-order valence-corrected chi connectivity index (χ0v) is 25.9. The molecule has 2 amide bonds. The number of aromatic nitrogens is 4. The third kappa shape index (κ3) is 5.56. The molecule has 2 aliphatic rings. The van der Waals surface area contributed by atoms with E-state index in [1.54, 1.807) is 24.7 Å². The Bertz CT molecular complexity index is 2290. The van der Waals surface area contributed by atoms with Crippen molar-refractivity contribution in [3.63, 3.8) is 0 Å². The van der Waals surface area contributed by atoms with E-state index in [-0.39, 0.29) is 11.8 Å². The summed E-state index contributed by atoms with van der Waals surface area (Å²) in [5.74, 6) is -0.143. The number of nitriles is 2. The third-order valence-corrected chi connectivity index (χ3v) is 8.61. The molecule has 47 heavy (non-hydrogen) atoms. The Kier molecular flexibility index (Phi) is 7.86. The van der Waals surface area contributed by atoms with E-state index < -0.39 is 0 Å². The van der Waals surface area contributed by atoms with Crippen LogP contribution in [-0.2, 0) is 13.1 Å². The molecule has 11 heteroatoms. The fraction of sp³-hybridized carbons (Fsp3) is 0.167. The molecule has 0 saturated heterocycles. The number of carbonyl (C=O) groups excluding carboxylic acids is 2. The third-order valence-electron chi connectivity index (χ3n) is 8.41. The molecule has 8 rings (SSSR count). The van der Waals surface area contributed by atoms with E-state index in [4.69, 9.17) is 11.6 Å². The highest BCUT2D eigenvalue weighted by atomic mass is 35.5. The SMILES string of the molecule is N#Cc1cc(-c2cccnc2)c2c(c1)cc1n2CCCNC1=O.N#Cc1cc(-c2ccnc(Cl)c2)c2c(c1)cc1n2CCCNC1=O. The second-order valence-electron chi connectivity index (χ2n) is 11.3. The molecule has 10 nitrogen and oxygen atoms in total. The first kappa shape index (κ1) is 29.7. The smallest absolute Gasteiger partial charge is 0.267 e. The first-order valence-electron chi connectivity index (χ1n) is 15.2. The van der Waals surface area contributed by atoms with Gasteiger partial charge in [0.25, 0.3) is 11.8 Å². The minimum Gasteiger partial charge on any atom is -0.351 e. The molecule has 0 saturated carbocycles. The molecule has 6 heterocycles. The van der Waals surface area contributed by atoms with Gasteiger partial charge in [0.15, 0.2) is 0 Å². The molecule has 2 N–H and O–H groups in total. The lowest BCUT2D eigenvalue weighted by Crippen LogP contribution is -2.22. The van der Waals surface area contributed by atoms with E-state index in [9.17, 15) is 20.1 Å². The van der Waals surface area contributed by atoms with Crippen molar-refractivity contribution >= 4 is 45.2 Å². The summed E-state index contributed by atoms with van der Waals surface area (Å²) in [5, 5.41) is 26.7. The van der Waals surface area contributed by atoms with Crippen LogP contribution in [0.3, 0.4) is 0 Å². The van der Waals surface area contributed by atoms with Gasteiger partial charge in [0.05, 0.1) is 34.3 Å². The Balaban J connectivity index is 0.000000150. The molecule has 0 spiro atoms. The van der Waals surface area contributed by atoms with Crippen LogP contribution >= 0.6 is 11.6 Å². The highest BCUT2D eigenvalue weighted by Gasteiger charge is 2.23. The number of benzene rings is 2. The van der Waals surface area contributed by atoms with Gasteiger partial charge in [0.2, 0.25) is 0 Å². The van der Waals surface area contributed by atoms with Gasteiger partial charge in [-0.3, -0.25) is 14.6 Å². The largest absolute Gasteiger partial charge is 0.351 e. The fourth-order valence-corrected chi connectivity index (χ4v) is 6.56. The number of rotatable bonds is 2. The van der Waals surface area contributed by atoms with Crippen LogP contribution in [0, 0.1) is 22.7 Å². The summed E-state index contributed by atoms with van der Waals surface area (Å²) in [7, 11) is 0. The summed E-state index contributed by atoms with van der Waals surface area (Å²) in [6.07, 6.45) is 6.89. The highest BCUT2D eigenvalue weighted by molar-refractivity contribution is 6.29. The van der Waals surface area contributed by atoms with Crippen LogP contribution in [0.25, 0.3) is 44.1 Å². The number of halogens is 1. The molecule has 0 unspecified atom stereocenters. The Morgan fingerprint density at radius 1 is 0.723 bits per heavy atom. The zero-order valence-electron chi connectivity index (χ0n) is 25.1. The van der Waals surface area contributed by atoms with Gasteiger partial charge >= 0.3 is 0 Å². The van der Waals surface area contributed by atoms with Crippen LogP contribution < -0.4 is 10.6 Å². The van der Waals surface area contributed by atoms with Crippen molar-refractivity contribution < 1.29 is 9.59 Å². The first-order valence-corrected chi connectivity index (χ1v) is 15.6. The summed E-state index contributed by atoms with van der Waals surface area (Å²) in [6.45, 7) is 2.86. The van der Waals surface area contributed by atoms with Crippen molar-refractivity contribution in [1.29, 1.82) is 10.5 Å². The molecule has 0 fully saturated rings. The van der Waals surface area contributed by atoms with Crippen LogP contribution in [0.15, 0.2) is 79.3 Å². The Hall–Kier alpha value is -5.97. The number of nitrogens with one attached hydrogen (secondary N) is 2. The zero-order chi connectivity index (χ0) is 32.5. The lowest BCUT2D eigenvalue weighted by atomic mass is 10.0. The van der Waals surface area contributed by atoms with Crippen molar-refractivity contribution in [1.82, 2.24) is 29.7 Å². The van der Waals surface area contributed by atoms with E-state index in [0.29, 0.717) is 40.8 Å². The van der Waals surface area contributed by atoms with E-state index in [2.05, 4.69) is 37.3 Å². The van der Waals surface area contributed by atoms with Gasteiger partial charge in [-0.15, -0.1) is 0 Å². The maximum Gasteiger partial charge on any atom is 0.267 e. The molecule has 2 aromatic carbocycles. The second kappa shape index (κ2) is 12.4. The lowest BCUT2D eigenvalue weighted by molar-refractivity contribution is 0.0943. The maximum absolute atomic E-state index is 12.3. The summed E-state index contributed by atoms with van der Waals surface area (Å²) in [5.41, 5.74) is 7.98. The summed E-state index contributed by atoms with van der Waals surface area (Å²) in [4.78, 5) is 32.8. The van der Waals surface area contributed by atoms with E-state index >= 15 is 0 Å². The number of hydrogen-bond donors (Lipinski definition) is 2. The van der Waals surface area contributed by atoms with E-state index in [1.165, 1.54) is 0 Å². The number of hydrogen-bond acceptors (Lipinski definition) is 6. The molecular formula is C36H27ClN8O2. The molecule has 0 radical (unpaired) electrons. The predicted octanol–water partition coefficient (Wildman–Crippen LogP) is 6.07. The van der Waals surface area contributed by atoms with Gasteiger partial charge in [-0.05, 0) is 73.0 Å². The second-order valence-corrected chi connectivity index (χ2v) is 11.7. The fourth-order valence-electron chi connectivity index (χ4n) is 6.39. The van der Waals surface area contributed by atoms with Crippen molar-refractivity contribution in [3.8, 4) is 34.4 Å². The van der Waals surface area contributed by atoms with Gasteiger partial charge in [0.1, 0.15) is 16.5 Å². The van der Waals surface area contributed by atoms with Gasteiger partial charge < -0.3 is 19.8 Å². The molecule has 2 aliphatic heterocycles. The number of fused-ring (bicyclic) bond motifs is 6. The summed E-state index contributed by atoms with van der Waals surface area (Å²) in [6, 6.07) is 23.0. The molecule has 230 valence electrons. The van der Waals surface area contributed by atoms with E-state index in [0.717, 1.165) is 70.0 Å². The average molecular weight is 639 g/mol. The molecule has 0 bridgehead atoms. The van der Waals surface area contributed by atoms with Gasteiger partial charge in [-0.2, -0.15) is 10.5 Å². The molecule has 4 aromatic heterocycles. The van der Waals surface area contributed by atoms with Crippen LogP contribution in [0.1, 0.15) is 44.9 Å². The monoisotopic (exact) mass is 638 g/mol. The number of carbonyl (C=O) groups is 2.